The highest BCUT2D eigenvalue weighted by Gasteiger charge is 2.44. The topological polar surface area (TPSA) is 95.8 Å². The van der Waals surface area contributed by atoms with E-state index >= 15 is 0 Å². The van der Waals surface area contributed by atoms with Crippen LogP contribution in [-0.2, 0) is 16.6 Å². The average molecular weight is 499 g/mol. The van der Waals surface area contributed by atoms with Gasteiger partial charge in [-0.05, 0) is 58.9 Å². The molecule has 0 saturated carbocycles. The van der Waals surface area contributed by atoms with Crippen LogP contribution in [0.3, 0.4) is 0 Å². The van der Waals surface area contributed by atoms with Crippen molar-refractivity contribution >= 4 is 22.6 Å². The number of aromatic nitrogens is 1. The minimum Gasteiger partial charge on any atom is -0.503 e. The molecule has 2 aromatic carbocycles. The van der Waals surface area contributed by atoms with Crippen LogP contribution in [0, 0.1) is 0 Å². The first-order valence-electron chi connectivity index (χ1n) is 12.3. The summed E-state index contributed by atoms with van der Waals surface area (Å²) in [7, 11) is 1.62. The standard InChI is InChI=1S/C30H30N2O5/c1-30(2,3)20-9-7-18(8-10-20)26-25(27(33)24-6-5-15-37-24)28(34)29(35)32(26)14-13-19-17-31-23-12-11-21(36-4)16-22(19)23/h5-12,15-17,26,31,34H,13-14H2,1-4H3. The van der Waals surface area contributed by atoms with Crippen LogP contribution in [0.1, 0.15) is 54.1 Å². The third kappa shape index (κ3) is 4.42. The minimum absolute atomic E-state index is 0.0315. The number of fused-ring (bicyclic) bond motifs is 1. The number of carbonyl (C=O) groups is 2. The Kier molecular flexibility index (Phi) is 6.15. The van der Waals surface area contributed by atoms with Crippen LogP contribution in [0.15, 0.2) is 82.8 Å². The maximum atomic E-state index is 13.4. The minimum atomic E-state index is -0.737. The molecule has 4 aromatic rings. The lowest BCUT2D eigenvalue weighted by atomic mass is 9.85. The van der Waals surface area contributed by atoms with Crippen LogP contribution in [0.4, 0.5) is 0 Å². The molecular formula is C30H30N2O5. The van der Waals surface area contributed by atoms with E-state index in [4.69, 9.17) is 9.15 Å². The van der Waals surface area contributed by atoms with E-state index in [0.717, 1.165) is 33.3 Å². The molecule has 1 aliphatic heterocycles. The summed E-state index contributed by atoms with van der Waals surface area (Å²) >= 11 is 0. The summed E-state index contributed by atoms with van der Waals surface area (Å²) in [5.41, 5.74) is 3.84. The van der Waals surface area contributed by atoms with E-state index in [0.29, 0.717) is 13.0 Å². The van der Waals surface area contributed by atoms with Crippen molar-refractivity contribution in [2.24, 2.45) is 0 Å². The molecule has 37 heavy (non-hydrogen) atoms. The molecule has 2 aromatic heterocycles. The van der Waals surface area contributed by atoms with Crippen molar-refractivity contribution in [3.8, 4) is 5.75 Å². The molecule has 0 saturated heterocycles. The number of hydrogen-bond donors (Lipinski definition) is 2. The number of benzene rings is 2. The zero-order chi connectivity index (χ0) is 26.3. The summed E-state index contributed by atoms with van der Waals surface area (Å²) in [5.74, 6) is -0.784. The number of aliphatic hydroxyl groups is 1. The Balaban J connectivity index is 1.51. The van der Waals surface area contributed by atoms with E-state index < -0.39 is 23.5 Å². The summed E-state index contributed by atoms with van der Waals surface area (Å²) in [6, 6.07) is 16.1. The molecule has 3 heterocycles. The molecule has 1 atom stereocenters. The van der Waals surface area contributed by atoms with E-state index in [-0.39, 0.29) is 16.7 Å². The van der Waals surface area contributed by atoms with Gasteiger partial charge in [0.2, 0.25) is 5.78 Å². The highest BCUT2D eigenvalue weighted by atomic mass is 16.5. The van der Waals surface area contributed by atoms with Crippen LogP contribution >= 0.6 is 0 Å². The molecule has 7 nitrogen and oxygen atoms in total. The highest BCUT2D eigenvalue weighted by molar-refractivity contribution is 6.15. The fourth-order valence-corrected chi connectivity index (χ4v) is 4.90. The number of nitrogens with zero attached hydrogens (tertiary/aromatic N) is 1. The van der Waals surface area contributed by atoms with Crippen LogP contribution in [0.5, 0.6) is 5.75 Å². The van der Waals surface area contributed by atoms with Crippen molar-refractivity contribution < 1.29 is 23.8 Å². The predicted molar refractivity (Wildman–Crippen MR) is 141 cm³/mol. The normalized spacial score (nSPS) is 16.2. The number of aromatic amines is 1. The Labute approximate surface area is 215 Å². The van der Waals surface area contributed by atoms with Gasteiger partial charge in [0.05, 0.1) is 25.0 Å². The lowest BCUT2D eigenvalue weighted by Crippen LogP contribution is -2.33. The largest absolute Gasteiger partial charge is 0.503 e. The van der Waals surface area contributed by atoms with Crippen molar-refractivity contribution in [2.75, 3.05) is 13.7 Å². The van der Waals surface area contributed by atoms with Crippen molar-refractivity contribution in [3.05, 3.63) is 101 Å². The number of nitrogens with one attached hydrogen (secondary N) is 1. The number of hydrogen-bond acceptors (Lipinski definition) is 5. The fourth-order valence-electron chi connectivity index (χ4n) is 4.90. The van der Waals surface area contributed by atoms with Gasteiger partial charge in [0.15, 0.2) is 11.5 Å². The summed E-state index contributed by atoms with van der Waals surface area (Å²) in [6.45, 7) is 6.68. The molecule has 1 aliphatic rings. The Hall–Kier alpha value is -4.26. The first-order valence-corrected chi connectivity index (χ1v) is 12.3. The van der Waals surface area contributed by atoms with Gasteiger partial charge in [0, 0.05) is 23.6 Å². The van der Waals surface area contributed by atoms with Gasteiger partial charge < -0.3 is 24.1 Å². The highest BCUT2D eigenvalue weighted by Crippen LogP contribution is 2.40. The third-order valence-electron chi connectivity index (χ3n) is 6.98. The molecule has 0 bridgehead atoms. The average Bonchev–Trinajstić information content (AvgIpc) is 3.61. The zero-order valence-electron chi connectivity index (χ0n) is 21.4. The SMILES string of the molecule is COc1ccc2[nH]cc(CCN3C(=O)C(O)=C(C(=O)c4ccco4)C3c3ccc(C(C)(C)C)cc3)c2c1. The van der Waals surface area contributed by atoms with Gasteiger partial charge >= 0.3 is 0 Å². The molecule has 1 amide bonds. The smallest absolute Gasteiger partial charge is 0.290 e. The van der Waals surface area contributed by atoms with Gasteiger partial charge in [-0.15, -0.1) is 0 Å². The Morgan fingerprint density at radius 1 is 1.14 bits per heavy atom. The Bertz CT molecular complexity index is 1490. The Morgan fingerprint density at radius 2 is 1.89 bits per heavy atom. The maximum absolute atomic E-state index is 13.4. The summed E-state index contributed by atoms with van der Waals surface area (Å²) in [5, 5.41) is 11.9. The van der Waals surface area contributed by atoms with E-state index in [9.17, 15) is 14.7 Å². The van der Waals surface area contributed by atoms with Crippen LogP contribution in [0.25, 0.3) is 10.9 Å². The van der Waals surface area contributed by atoms with Crippen molar-refractivity contribution in [2.45, 2.75) is 38.6 Å². The second-order valence-corrected chi connectivity index (χ2v) is 10.3. The van der Waals surface area contributed by atoms with Gasteiger partial charge in [-0.3, -0.25) is 9.59 Å². The number of H-pyrrole nitrogens is 1. The molecule has 190 valence electrons. The van der Waals surface area contributed by atoms with E-state index in [2.05, 4.69) is 25.8 Å². The lowest BCUT2D eigenvalue weighted by Gasteiger charge is -2.27. The number of Topliss-reactive ketones (excluding diaryl/α,β-unsaturated/α-hetero) is 1. The molecule has 0 aliphatic carbocycles. The second-order valence-electron chi connectivity index (χ2n) is 10.3. The number of methoxy groups -OCH3 is 1. The van der Waals surface area contributed by atoms with Gasteiger partial charge in [0.25, 0.3) is 5.91 Å². The van der Waals surface area contributed by atoms with E-state index in [1.807, 2.05) is 48.7 Å². The summed E-state index contributed by atoms with van der Waals surface area (Å²) in [4.78, 5) is 31.5. The summed E-state index contributed by atoms with van der Waals surface area (Å²) in [6.07, 6.45) is 3.84. The first kappa shape index (κ1) is 24.4. The van der Waals surface area contributed by atoms with Crippen LogP contribution in [0.2, 0.25) is 0 Å². The lowest BCUT2D eigenvalue weighted by molar-refractivity contribution is -0.129. The first-order chi connectivity index (χ1) is 17.7. The molecule has 0 spiro atoms. The number of amides is 1. The monoisotopic (exact) mass is 498 g/mol. The van der Waals surface area contributed by atoms with Gasteiger partial charge in [0.1, 0.15) is 5.75 Å². The fraction of sp³-hybridized carbons (Fsp3) is 0.267. The van der Waals surface area contributed by atoms with Gasteiger partial charge in [-0.25, -0.2) is 0 Å². The molecule has 0 fully saturated rings. The van der Waals surface area contributed by atoms with Gasteiger partial charge in [-0.2, -0.15) is 0 Å². The molecular weight excluding hydrogens is 468 g/mol. The molecule has 1 unspecified atom stereocenters. The van der Waals surface area contributed by atoms with Crippen LogP contribution < -0.4 is 4.74 Å². The molecule has 0 radical (unpaired) electrons. The maximum Gasteiger partial charge on any atom is 0.290 e. The summed E-state index contributed by atoms with van der Waals surface area (Å²) < 4.78 is 10.7. The quantitative estimate of drug-likeness (QED) is 0.310. The molecule has 5 rings (SSSR count). The third-order valence-corrected chi connectivity index (χ3v) is 6.98. The van der Waals surface area contributed by atoms with Gasteiger partial charge in [-0.1, -0.05) is 45.0 Å². The van der Waals surface area contributed by atoms with Crippen LogP contribution in [-0.4, -0.2) is 40.3 Å². The second kappa shape index (κ2) is 9.32. The van der Waals surface area contributed by atoms with E-state index in [1.54, 1.807) is 18.1 Å². The Morgan fingerprint density at radius 3 is 2.54 bits per heavy atom. The zero-order valence-corrected chi connectivity index (χ0v) is 21.4. The predicted octanol–water partition coefficient (Wildman–Crippen LogP) is 5.89. The van der Waals surface area contributed by atoms with Crippen molar-refractivity contribution in [1.29, 1.82) is 0 Å². The number of ketones is 1. The number of ether oxygens (including phenoxy) is 1. The number of rotatable bonds is 7. The van der Waals surface area contributed by atoms with E-state index in [1.165, 1.54) is 12.3 Å². The number of carbonyl (C=O) groups excluding carboxylic acids is 2. The van der Waals surface area contributed by atoms with Crippen molar-refractivity contribution in [3.63, 3.8) is 0 Å². The number of furan rings is 1. The van der Waals surface area contributed by atoms with Crippen molar-refractivity contribution in [1.82, 2.24) is 9.88 Å². The molecule has 2 N–H and O–H groups in total. The molecule has 7 heteroatoms. The number of aliphatic hydroxyl groups excluding tert-OH is 1.